The maximum absolute atomic E-state index is 13.5. The zero-order valence-electron chi connectivity index (χ0n) is 17.6. The van der Waals surface area contributed by atoms with E-state index in [1.165, 1.54) is 11.0 Å². The van der Waals surface area contributed by atoms with E-state index in [-0.39, 0.29) is 40.2 Å². The fourth-order valence-electron chi connectivity index (χ4n) is 3.84. The Hall–Kier alpha value is -2.84. The molecule has 0 aliphatic carbocycles. The van der Waals surface area contributed by atoms with E-state index in [9.17, 15) is 18.0 Å². The highest BCUT2D eigenvalue weighted by atomic mass is 35.5. The third kappa shape index (κ3) is 4.52. The van der Waals surface area contributed by atoms with Crippen LogP contribution in [0.4, 0.5) is 0 Å². The fraction of sp³-hybridized carbons (Fsp3) is 0.304. The van der Waals surface area contributed by atoms with Crippen molar-refractivity contribution in [2.45, 2.75) is 25.9 Å². The summed E-state index contributed by atoms with van der Waals surface area (Å²) >= 11 is 6.12. The van der Waals surface area contributed by atoms with Gasteiger partial charge in [-0.1, -0.05) is 23.7 Å². The molecule has 32 heavy (non-hydrogen) atoms. The van der Waals surface area contributed by atoms with E-state index >= 15 is 0 Å². The van der Waals surface area contributed by atoms with Crippen molar-refractivity contribution in [3.63, 3.8) is 0 Å². The minimum absolute atomic E-state index is 0.0173. The lowest BCUT2D eigenvalue weighted by molar-refractivity contribution is 0.0648. The molecular formula is C23H22ClNO6S. The van der Waals surface area contributed by atoms with Crippen molar-refractivity contribution in [2.24, 2.45) is 0 Å². The molecule has 0 spiro atoms. The van der Waals surface area contributed by atoms with Crippen LogP contribution in [0.25, 0.3) is 11.0 Å². The highest BCUT2D eigenvalue weighted by molar-refractivity contribution is 7.91. The number of carbonyl (C=O) groups excluding carboxylic acids is 1. The van der Waals surface area contributed by atoms with Gasteiger partial charge in [0, 0.05) is 23.7 Å². The lowest BCUT2D eigenvalue weighted by Crippen LogP contribution is -2.40. The molecule has 4 rings (SSSR count). The predicted octanol–water partition coefficient (Wildman–Crippen LogP) is 3.59. The molecule has 0 radical (unpaired) electrons. The first kappa shape index (κ1) is 22.4. The van der Waals surface area contributed by atoms with Crippen LogP contribution >= 0.6 is 11.6 Å². The van der Waals surface area contributed by atoms with Gasteiger partial charge in [-0.05, 0) is 48.7 Å². The highest BCUT2D eigenvalue weighted by Crippen LogP contribution is 2.26. The van der Waals surface area contributed by atoms with Crippen LogP contribution in [0.15, 0.2) is 51.7 Å². The second-order valence-corrected chi connectivity index (χ2v) is 10.5. The number of rotatable bonds is 5. The Morgan fingerprint density at radius 3 is 2.56 bits per heavy atom. The van der Waals surface area contributed by atoms with Gasteiger partial charge in [0.05, 0.1) is 24.0 Å². The van der Waals surface area contributed by atoms with Gasteiger partial charge in [-0.2, -0.15) is 0 Å². The van der Waals surface area contributed by atoms with E-state index in [0.29, 0.717) is 22.8 Å². The first-order valence-electron chi connectivity index (χ1n) is 10.1. The van der Waals surface area contributed by atoms with E-state index in [1.54, 1.807) is 32.2 Å². The molecule has 9 heteroatoms. The average Bonchev–Trinajstić information content (AvgIpc) is 3.12. The standard InChI is InChI=1S/C23H22ClNO6S/c1-14-9-21-18(10-19(14)24)20(26)11-22(31-21)23(27)25(16-7-8-32(28,29)13-16)12-15-3-5-17(30-2)6-4-15/h3-6,9-11,16H,7-8,12-13H2,1-2H3/t16-/m1/s1. The molecule has 1 saturated heterocycles. The first-order valence-corrected chi connectivity index (χ1v) is 12.2. The van der Waals surface area contributed by atoms with E-state index in [1.807, 2.05) is 12.1 Å². The molecule has 3 aromatic rings. The van der Waals surface area contributed by atoms with Gasteiger partial charge < -0.3 is 14.1 Å². The fourth-order valence-corrected chi connectivity index (χ4v) is 5.73. The van der Waals surface area contributed by atoms with Crippen LogP contribution in [0.1, 0.15) is 28.1 Å². The molecule has 2 heterocycles. The summed E-state index contributed by atoms with van der Waals surface area (Å²) in [6.45, 7) is 1.94. The maximum Gasteiger partial charge on any atom is 0.290 e. The predicted molar refractivity (Wildman–Crippen MR) is 122 cm³/mol. The number of benzene rings is 2. The molecule has 1 atom stereocenters. The molecule has 168 valence electrons. The molecule has 1 aromatic heterocycles. The van der Waals surface area contributed by atoms with Crippen molar-refractivity contribution < 1.29 is 22.4 Å². The summed E-state index contributed by atoms with van der Waals surface area (Å²) < 4.78 is 35.2. The van der Waals surface area contributed by atoms with Crippen molar-refractivity contribution in [1.29, 1.82) is 0 Å². The third-order valence-electron chi connectivity index (χ3n) is 5.64. The highest BCUT2D eigenvalue weighted by Gasteiger charge is 2.36. The Morgan fingerprint density at radius 2 is 1.94 bits per heavy atom. The SMILES string of the molecule is COc1ccc(CN(C(=O)c2cc(=O)c3cc(Cl)c(C)cc3o2)[C@@H]2CCS(=O)(=O)C2)cc1. The molecule has 7 nitrogen and oxygen atoms in total. The zero-order chi connectivity index (χ0) is 23.0. The number of sulfone groups is 1. The maximum atomic E-state index is 13.5. The smallest absolute Gasteiger partial charge is 0.290 e. The van der Waals surface area contributed by atoms with Crippen LogP contribution in [-0.2, 0) is 16.4 Å². The number of ether oxygens (including phenoxy) is 1. The lowest BCUT2D eigenvalue weighted by atomic mass is 10.1. The van der Waals surface area contributed by atoms with Crippen molar-refractivity contribution in [3.05, 3.63) is 74.6 Å². The van der Waals surface area contributed by atoms with Crippen molar-refractivity contribution >= 4 is 38.3 Å². The van der Waals surface area contributed by atoms with E-state index in [2.05, 4.69) is 0 Å². The number of nitrogens with zero attached hydrogens (tertiary/aromatic N) is 1. The van der Waals surface area contributed by atoms with Gasteiger partial charge in [-0.25, -0.2) is 8.42 Å². The van der Waals surface area contributed by atoms with Crippen LogP contribution in [0, 0.1) is 6.92 Å². The van der Waals surface area contributed by atoms with Gasteiger partial charge in [0.1, 0.15) is 11.3 Å². The van der Waals surface area contributed by atoms with Gasteiger partial charge in [-0.15, -0.1) is 0 Å². The number of halogens is 1. The number of aryl methyl sites for hydroxylation is 1. The number of amides is 1. The van der Waals surface area contributed by atoms with Crippen LogP contribution in [0.2, 0.25) is 5.02 Å². The number of fused-ring (bicyclic) bond motifs is 1. The van der Waals surface area contributed by atoms with E-state index in [4.69, 9.17) is 20.8 Å². The first-order chi connectivity index (χ1) is 15.2. The largest absolute Gasteiger partial charge is 0.497 e. The minimum atomic E-state index is -3.23. The van der Waals surface area contributed by atoms with Crippen LogP contribution in [-0.4, -0.2) is 43.9 Å². The summed E-state index contributed by atoms with van der Waals surface area (Å²) in [5.41, 5.74) is 1.38. The summed E-state index contributed by atoms with van der Waals surface area (Å²) in [4.78, 5) is 27.6. The lowest BCUT2D eigenvalue weighted by Gasteiger charge is -2.28. The minimum Gasteiger partial charge on any atom is -0.497 e. The molecule has 0 saturated carbocycles. The second-order valence-electron chi connectivity index (χ2n) is 7.91. The summed E-state index contributed by atoms with van der Waals surface area (Å²) in [5.74, 6) is -0.105. The summed E-state index contributed by atoms with van der Waals surface area (Å²) in [7, 11) is -1.67. The van der Waals surface area contributed by atoms with E-state index in [0.717, 1.165) is 11.6 Å². The van der Waals surface area contributed by atoms with Crippen molar-refractivity contribution in [2.75, 3.05) is 18.6 Å². The molecule has 0 unspecified atom stereocenters. The summed E-state index contributed by atoms with van der Waals surface area (Å²) in [6.07, 6.45) is 0.330. The van der Waals surface area contributed by atoms with E-state index < -0.39 is 21.8 Å². The average molecular weight is 476 g/mol. The Labute approximate surface area is 190 Å². The Balaban J connectivity index is 1.73. The Morgan fingerprint density at radius 1 is 1.22 bits per heavy atom. The van der Waals surface area contributed by atoms with Crippen molar-refractivity contribution in [3.8, 4) is 5.75 Å². The number of methoxy groups -OCH3 is 1. The topological polar surface area (TPSA) is 93.9 Å². The van der Waals surface area contributed by atoms with Gasteiger partial charge >= 0.3 is 0 Å². The van der Waals surface area contributed by atoms with Crippen molar-refractivity contribution in [1.82, 2.24) is 4.90 Å². The molecule has 1 aliphatic rings. The van der Waals surface area contributed by atoms with Gasteiger partial charge in [0.15, 0.2) is 21.0 Å². The monoisotopic (exact) mass is 475 g/mol. The second kappa shape index (κ2) is 8.60. The van der Waals surface area contributed by atoms with Crippen LogP contribution in [0.5, 0.6) is 5.75 Å². The van der Waals surface area contributed by atoms with Crippen LogP contribution in [0.3, 0.4) is 0 Å². The van der Waals surface area contributed by atoms with Gasteiger partial charge in [-0.3, -0.25) is 9.59 Å². The third-order valence-corrected chi connectivity index (χ3v) is 7.80. The summed E-state index contributed by atoms with van der Waals surface area (Å²) in [5, 5.41) is 0.712. The number of hydrogen-bond donors (Lipinski definition) is 0. The molecule has 2 aromatic carbocycles. The van der Waals surface area contributed by atoms with Gasteiger partial charge in [0.25, 0.3) is 5.91 Å². The Kier molecular flexibility index (Phi) is 6.01. The number of hydrogen-bond acceptors (Lipinski definition) is 6. The molecule has 1 aliphatic heterocycles. The van der Waals surface area contributed by atoms with Gasteiger partial charge in [0.2, 0.25) is 0 Å². The quantitative estimate of drug-likeness (QED) is 0.559. The summed E-state index contributed by atoms with van der Waals surface area (Å²) in [6, 6.07) is 10.9. The molecule has 0 bridgehead atoms. The molecule has 0 N–H and O–H groups in total. The molecule has 1 fully saturated rings. The normalized spacial score (nSPS) is 17.4. The molecular weight excluding hydrogens is 454 g/mol. The molecule has 1 amide bonds. The Bertz CT molecular complexity index is 1350. The zero-order valence-corrected chi connectivity index (χ0v) is 19.2. The van der Waals surface area contributed by atoms with Crippen LogP contribution < -0.4 is 10.2 Å². The number of carbonyl (C=O) groups is 1.